The maximum Gasteiger partial charge on any atom is 0.302 e. The van der Waals surface area contributed by atoms with E-state index in [1.54, 1.807) is 6.07 Å². The molecule has 18 heavy (non-hydrogen) atoms. The lowest BCUT2D eigenvalue weighted by atomic mass is 9.90. The smallest absolute Gasteiger partial charge is 0.302 e. The summed E-state index contributed by atoms with van der Waals surface area (Å²) in [4.78, 5) is 13.3. The van der Waals surface area contributed by atoms with Crippen LogP contribution in [0.25, 0.3) is 0 Å². The number of esters is 1. The van der Waals surface area contributed by atoms with E-state index in [-0.39, 0.29) is 12.1 Å². The zero-order valence-corrected chi connectivity index (χ0v) is 10.5. The van der Waals surface area contributed by atoms with Crippen LogP contribution in [0.3, 0.4) is 0 Å². The Bertz CT molecular complexity index is 498. The summed E-state index contributed by atoms with van der Waals surface area (Å²) in [5.74, 6) is 0.0635. The van der Waals surface area contributed by atoms with E-state index < -0.39 is 0 Å². The minimum atomic E-state index is -0.254. The minimum Gasteiger partial charge on any atom is -0.508 e. The molecule has 0 saturated carbocycles. The van der Waals surface area contributed by atoms with Crippen molar-refractivity contribution in [1.29, 1.82) is 0 Å². The summed E-state index contributed by atoms with van der Waals surface area (Å²) >= 11 is 0. The number of aromatic hydroxyl groups is 1. The van der Waals surface area contributed by atoms with Crippen LogP contribution in [0, 0.1) is 0 Å². The SMILES string of the molecule is CC(=O)OC1Cc2c(O)ccc3c2N(CCC3)C1. The van der Waals surface area contributed by atoms with Crippen molar-refractivity contribution in [3.8, 4) is 5.75 Å². The van der Waals surface area contributed by atoms with E-state index in [1.807, 2.05) is 6.07 Å². The van der Waals surface area contributed by atoms with Crippen molar-refractivity contribution >= 4 is 11.7 Å². The Morgan fingerprint density at radius 2 is 2.33 bits per heavy atom. The van der Waals surface area contributed by atoms with Gasteiger partial charge in [-0.1, -0.05) is 6.07 Å². The van der Waals surface area contributed by atoms with Gasteiger partial charge in [0.05, 0.1) is 6.54 Å². The van der Waals surface area contributed by atoms with E-state index in [2.05, 4.69) is 4.90 Å². The molecule has 1 aromatic carbocycles. The molecule has 0 fully saturated rings. The number of ether oxygens (including phenoxy) is 1. The maximum atomic E-state index is 11.1. The van der Waals surface area contributed by atoms with Gasteiger partial charge in [-0.15, -0.1) is 0 Å². The van der Waals surface area contributed by atoms with Crippen LogP contribution in [0.5, 0.6) is 5.75 Å². The molecule has 0 radical (unpaired) electrons. The van der Waals surface area contributed by atoms with Crippen LogP contribution in [-0.2, 0) is 22.4 Å². The molecule has 2 heterocycles. The van der Waals surface area contributed by atoms with Crippen molar-refractivity contribution in [2.75, 3.05) is 18.0 Å². The molecule has 0 saturated heterocycles. The van der Waals surface area contributed by atoms with Crippen LogP contribution in [0.1, 0.15) is 24.5 Å². The van der Waals surface area contributed by atoms with E-state index in [4.69, 9.17) is 4.74 Å². The number of benzene rings is 1. The van der Waals surface area contributed by atoms with Crippen molar-refractivity contribution in [2.24, 2.45) is 0 Å². The highest BCUT2D eigenvalue weighted by Crippen LogP contribution is 2.40. The summed E-state index contributed by atoms with van der Waals surface area (Å²) in [6.07, 6.45) is 2.65. The Morgan fingerprint density at radius 1 is 1.50 bits per heavy atom. The Labute approximate surface area is 106 Å². The minimum absolute atomic E-state index is 0.144. The number of anilines is 1. The standard InChI is InChI=1S/C14H17NO3/c1-9(16)18-11-7-12-13(17)5-4-10-3-2-6-15(8-11)14(10)12/h4-5,11,17H,2-3,6-8H2,1H3. The molecule has 3 rings (SSSR count). The molecule has 4 heteroatoms. The number of carbonyl (C=O) groups excluding carboxylic acids is 1. The van der Waals surface area contributed by atoms with Crippen LogP contribution in [-0.4, -0.2) is 30.3 Å². The van der Waals surface area contributed by atoms with Gasteiger partial charge in [0.2, 0.25) is 0 Å². The van der Waals surface area contributed by atoms with Gasteiger partial charge in [-0.05, 0) is 24.5 Å². The first kappa shape index (κ1) is 11.4. The number of aryl methyl sites for hydroxylation is 1. The van der Waals surface area contributed by atoms with Crippen molar-refractivity contribution in [2.45, 2.75) is 32.3 Å². The third kappa shape index (κ3) is 1.82. The number of carbonyl (C=O) groups is 1. The monoisotopic (exact) mass is 247 g/mol. The Balaban J connectivity index is 1.99. The van der Waals surface area contributed by atoms with E-state index in [1.165, 1.54) is 18.2 Å². The van der Waals surface area contributed by atoms with Crippen molar-refractivity contribution in [1.82, 2.24) is 0 Å². The molecule has 0 bridgehead atoms. The molecule has 1 atom stereocenters. The normalized spacial score (nSPS) is 21.4. The fourth-order valence-corrected chi connectivity index (χ4v) is 3.08. The first-order valence-corrected chi connectivity index (χ1v) is 6.41. The van der Waals surface area contributed by atoms with Crippen molar-refractivity contribution in [3.05, 3.63) is 23.3 Å². The number of phenolic OH excluding ortho intramolecular Hbond substituents is 1. The average Bonchev–Trinajstić information content (AvgIpc) is 2.33. The second-order valence-electron chi connectivity index (χ2n) is 5.06. The number of hydrogen-bond acceptors (Lipinski definition) is 4. The van der Waals surface area contributed by atoms with Gasteiger partial charge in [0.15, 0.2) is 0 Å². The van der Waals surface area contributed by atoms with Crippen molar-refractivity contribution < 1.29 is 14.6 Å². The molecule has 0 spiro atoms. The topological polar surface area (TPSA) is 49.8 Å². The Kier molecular flexibility index (Phi) is 2.65. The van der Waals surface area contributed by atoms with Crippen LogP contribution in [0.4, 0.5) is 5.69 Å². The summed E-state index contributed by atoms with van der Waals surface area (Å²) in [5.41, 5.74) is 3.41. The highest BCUT2D eigenvalue weighted by atomic mass is 16.5. The first-order valence-electron chi connectivity index (χ1n) is 6.41. The molecule has 1 aromatic rings. The predicted octanol–water partition coefficient (Wildman–Crippen LogP) is 1.63. The van der Waals surface area contributed by atoms with Gasteiger partial charge in [-0.2, -0.15) is 0 Å². The van der Waals surface area contributed by atoms with E-state index in [0.29, 0.717) is 12.2 Å². The fourth-order valence-electron chi connectivity index (χ4n) is 3.08. The number of hydrogen-bond donors (Lipinski definition) is 1. The second kappa shape index (κ2) is 4.19. The summed E-state index contributed by atoms with van der Waals surface area (Å²) in [5, 5.41) is 10.0. The highest BCUT2D eigenvalue weighted by Gasteiger charge is 2.31. The number of rotatable bonds is 1. The molecule has 2 aliphatic heterocycles. The van der Waals surface area contributed by atoms with Gasteiger partial charge in [-0.25, -0.2) is 0 Å². The molecule has 2 aliphatic rings. The lowest BCUT2D eigenvalue weighted by molar-refractivity contribution is -0.145. The van der Waals surface area contributed by atoms with E-state index in [0.717, 1.165) is 31.5 Å². The van der Waals surface area contributed by atoms with Gasteiger partial charge in [0.1, 0.15) is 11.9 Å². The van der Waals surface area contributed by atoms with Gasteiger partial charge >= 0.3 is 5.97 Å². The third-order valence-electron chi connectivity index (χ3n) is 3.72. The molecular formula is C14H17NO3. The molecule has 4 nitrogen and oxygen atoms in total. The van der Waals surface area contributed by atoms with Crippen LogP contribution < -0.4 is 4.90 Å². The van der Waals surface area contributed by atoms with Gasteiger partial charge in [0, 0.05) is 31.1 Å². The largest absolute Gasteiger partial charge is 0.508 e. The maximum absolute atomic E-state index is 11.1. The summed E-state index contributed by atoms with van der Waals surface area (Å²) in [6.45, 7) is 3.15. The summed E-state index contributed by atoms with van der Waals surface area (Å²) in [6, 6.07) is 3.76. The lowest BCUT2D eigenvalue weighted by Gasteiger charge is -2.40. The number of phenols is 1. The molecular weight excluding hydrogens is 230 g/mol. The zero-order valence-electron chi connectivity index (χ0n) is 10.5. The second-order valence-corrected chi connectivity index (χ2v) is 5.06. The summed E-state index contributed by atoms with van der Waals surface area (Å²) in [7, 11) is 0. The van der Waals surface area contributed by atoms with Gasteiger partial charge < -0.3 is 14.7 Å². The fraction of sp³-hybridized carbons (Fsp3) is 0.500. The quantitative estimate of drug-likeness (QED) is 0.766. The highest BCUT2D eigenvalue weighted by molar-refractivity contribution is 5.69. The van der Waals surface area contributed by atoms with E-state index in [9.17, 15) is 9.90 Å². The summed E-state index contributed by atoms with van der Waals surface area (Å²) < 4.78 is 5.31. The van der Waals surface area contributed by atoms with Gasteiger partial charge in [-0.3, -0.25) is 4.79 Å². The zero-order chi connectivity index (χ0) is 12.7. The first-order chi connectivity index (χ1) is 8.65. The van der Waals surface area contributed by atoms with Crippen LogP contribution >= 0.6 is 0 Å². The lowest BCUT2D eigenvalue weighted by Crippen LogP contribution is -2.43. The number of nitrogens with zero attached hydrogens (tertiary/aromatic N) is 1. The average molecular weight is 247 g/mol. The molecule has 0 aromatic heterocycles. The molecule has 1 unspecified atom stereocenters. The Hall–Kier alpha value is -1.71. The molecule has 96 valence electrons. The Morgan fingerprint density at radius 3 is 3.11 bits per heavy atom. The molecule has 1 N–H and O–H groups in total. The van der Waals surface area contributed by atoms with E-state index >= 15 is 0 Å². The predicted molar refractivity (Wildman–Crippen MR) is 67.9 cm³/mol. The van der Waals surface area contributed by atoms with Gasteiger partial charge in [0.25, 0.3) is 0 Å². The molecule has 0 aliphatic carbocycles. The third-order valence-corrected chi connectivity index (χ3v) is 3.72. The van der Waals surface area contributed by atoms with Crippen molar-refractivity contribution in [3.63, 3.8) is 0 Å². The van der Waals surface area contributed by atoms with Crippen LogP contribution in [0.15, 0.2) is 12.1 Å². The van der Waals surface area contributed by atoms with Crippen LogP contribution in [0.2, 0.25) is 0 Å². The molecule has 0 amide bonds.